The van der Waals surface area contributed by atoms with Crippen LogP contribution in [0.4, 0.5) is 9.59 Å². The van der Waals surface area contributed by atoms with Crippen LogP contribution in [0.5, 0.6) is 0 Å². The number of pyridine rings is 1. The zero-order valence-electron chi connectivity index (χ0n) is 14.0. The van der Waals surface area contributed by atoms with E-state index in [1.165, 1.54) is 0 Å². The van der Waals surface area contributed by atoms with Gasteiger partial charge in [-0.1, -0.05) is 0 Å². The number of furan rings is 1. The van der Waals surface area contributed by atoms with Crippen LogP contribution in [0, 0.1) is 0 Å². The van der Waals surface area contributed by atoms with E-state index in [1.54, 1.807) is 24.5 Å². The van der Waals surface area contributed by atoms with Crippen molar-refractivity contribution in [3.05, 3.63) is 30.3 Å². The van der Waals surface area contributed by atoms with Gasteiger partial charge >= 0.3 is 12.2 Å². The van der Waals surface area contributed by atoms with Crippen molar-refractivity contribution in [3.8, 4) is 0 Å². The summed E-state index contributed by atoms with van der Waals surface area (Å²) in [6, 6.07) is 1.59. The number of aromatic nitrogens is 1. The fourth-order valence-electron chi connectivity index (χ4n) is 2.37. The molecule has 0 aliphatic carbocycles. The molecule has 1 aliphatic heterocycles. The van der Waals surface area contributed by atoms with Crippen LogP contribution in [0.1, 0.15) is 18.7 Å². The minimum Gasteiger partial charge on any atom is -0.458 e. The fraction of sp³-hybridized carbons (Fsp3) is 0.375. The Balaban J connectivity index is 1.57. The third kappa shape index (κ3) is 3.75. The molecule has 3 rings (SSSR count). The smallest absolute Gasteiger partial charge is 0.458 e. The van der Waals surface area contributed by atoms with Crippen molar-refractivity contribution in [2.45, 2.75) is 13.0 Å². The molecule has 3 heterocycles. The zero-order chi connectivity index (χ0) is 18.5. The molecule has 138 valence electrons. The highest BCUT2D eigenvalue weighted by atomic mass is 16.7. The summed E-state index contributed by atoms with van der Waals surface area (Å²) in [6.07, 6.45) is 2.15. The Hall–Kier alpha value is -3.14. The maximum atomic E-state index is 12.4. The molecule has 10 heteroatoms. The lowest BCUT2D eigenvalue weighted by Gasteiger charge is -2.12. The molecule has 1 N–H and O–H groups in total. The Bertz CT molecular complexity index is 786. The van der Waals surface area contributed by atoms with Crippen LogP contribution in [-0.4, -0.2) is 54.5 Å². The molecular weight excluding hydrogens is 346 g/mol. The van der Waals surface area contributed by atoms with E-state index in [0.29, 0.717) is 17.6 Å². The Morgan fingerprint density at radius 2 is 2.19 bits per heavy atom. The number of amides is 3. The Morgan fingerprint density at radius 1 is 1.35 bits per heavy atom. The topological polar surface area (TPSA) is 120 Å². The number of carbonyl (C=O) groups excluding carboxylic acids is 3. The standard InChI is InChI=1S/C16H17N3O7/c1-2-23-5-6-24-16(22)25-9-19-14(20)13(18-15(19)21)12-7-10-8-17-4-3-11(10)26-12/h3-4,7-8,13H,2,5-6,9H2,1H3,(H,18,21). The van der Waals surface area contributed by atoms with Gasteiger partial charge in [-0.15, -0.1) is 0 Å². The summed E-state index contributed by atoms with van der Waals surface area (Å²) in [5, 5.41) is 3.19. The highest BCUT2D eigenvalue weighted by Crippen LogP contribution is 2.27. The predicted octanol–water partition coefficient (Wildman–Crippen LogP) is 1.57. The number of hydrogen-bond donors (Lipinski definition) is 1. The number of imide groups is 1. The van der Waals surface area contributed by atoms with Gasteiger partial charge in [0.15, 0.2) is 12.8 Å². The highest BCUT2D eigenvalue weighted by Gasteiger charge is 2.41. The summed E-state index contributed by atoms with van der Waals surface area (Å²) in [7, 11) is 0. The molecule has 26 heavy (non-hydrogen) atoms. The van der Waals surface area contributed by atoms with Crippen molar-refractivity contribution in [2.24, 2.45) is 0 Å². The summed E-state index contributed by atoms with van der Waals surface area (Å²) in [6.45, 7) is 2.00. The third-order valence-corrected chi connectivity index (χ3v) is 3.61. The molecule has 0 spiro atoms. The second-order valence-electron chi connectivity index (χ2n) is 5.28. The zero-order valence-corrected chi connectivity index (χ0v) is 14.0. The SMILES string of the molecule is CCOCCOC(=O)OCN1C(=O)NC(c2cc3cnccc3o2)C1=O. The lowest BCUT2D eigenvalue weighted by molar-refractivity contribution is -0.130. The average Bonchev–Trinajstić information content (AvgIpc) is 3.18. The van der Waals surface area contributed by atoms with Gasteiger partial charge in [-0.3, -0.25) is 9.78 Å². The predicted molar refractivity (Wildman–Crippen MR) is 85.9 cm³/mol. The van der Waals surface area contributed by atoms with Crippen molar-refractivity contribution < 1.29 is 33.0 Å². The molecule has 0 bridgehead atoms. The first-order valence-corrected chi connectivity index (χ1v) is 7.92. The Labute approximate surface area is 148 Å². The van der Waals surface area contributed by atoms with Crippen LogP contribution in [-0.2, 0) is 19.0 Å². The van der Waals surface area contributed by atoms with Gasteiger partial charge in [-0.2, -0.15) is 0 Å². The number of nitrogens with zero attached hydrogens (tertiary/aromatic N) is 2. The van der Waals surface area contributed by atoms with E-state index in [9.17, 15) is 14.4 Å². The monoisotopic (exact) mass is 363 g/mol. The molecule has 1 unspecified atom stereocenters. The van der Waals surface area contributed by atoms with Gasteiger partial charge in [0.05, 0.1) is 6.61 Å². The molecule has 2 aromatic rings. The van der Waals surface area contributed by atoms with Gasteiger partial charge in [0.2, 0.25) is 0 Å². The number of urea groups is 1. The number of rotatable bonds is 7. The summed E-state index contributed by atoms with van der Waals surface area (Å²) in [5.74, 6) is -0.322. The Morgan fingerprint density at radius 3 is 2.96 bits per heavy atom. The molecular formula is C16H17N3O7. The largest absolute Gasteiger partial charge is 0.510 e. The number of carbonyl (C=O) groups is 3. The van der Waals surface area contributed by atoms with E-state index in [0.717, 1.165) is 4.90 Å². The number of nitrogens with one attached hydrogen (secondary N) is 1. The molecule has 0 radical (unpaired) electrons. The molecule has 0 aromatic carbocycles. The first-order chi connectivity index (χ1) is 12.6. The van der Waals surface area contributed by atoms with E-state index in [-0.39, 0.29) is 19.0 Å². The summed E-state index contributed by atoms with van der Waals surface area (Å²) in [5.41, 5.74) is 0.546. The third-order valence-electron chi connectivity index (χ3n) is 3.61. The molecule has 10 nitrogen and oxygen atoms in total. The molecule has 0 saturated carbocycles. The second-order valence-corrected chi connectivity index (χ2v) is 5.28. The van der Waals surface area contributed by atoms with Gasteiger partial charge in [0, 0.05) is 24.4 Å². The minimum absolute atomic E-state index is 0.0163. The lowest BCUT2D eigenvalue weighted by atomic mass is 10.2. The van der Waals surface area contributed by atoms with Crippen LogP contribution >= 0.6 is 0 Å². The molecule has 3 amide bonds. The van der Waals surface area contributed by atoms with Gasteiger partial charge in [-0.25, -0.2) is 14.5 Å². The van der Waals surface area contributed by atoms with Gasteiger partial charge < -0.3 is 23.9 Å². The van der Waals surface area contributed by atoms with Crippen molar-refractivity contribution >= 4 is 29.1 Å². The average molecular weight is 363 g/mol. The first kappa shape index (κ1) is 17.7. The van der Waals surface area contributed by atoms with Crippen molar-refractivity contribution in [3.63, 3.8) is 0 Å². The van der Waals surface area contributed by atoms with E-state index in [4.69, 9.17) is 18.6 Å². The maximum Gasteiger partial charge on any atom is 0.510 e. The number of hydrogen-bond acceptors (Lipinski definition) is 8. The van der Waals surface area contributed by atoms with Crippen LogP contribution in [0.2, 0.25) is 0 Å². The summed E-state index contributed by atoms with van der Waals surface area (Å²) >= 11 is 0. The van der Waals surface area contributed by atoms with Crippen molar-refractivity contribution in [1.82, 2.24) is 15.2 Å². The normalized spacial score (nSPS) is 16.8. The van der Waals surface area contributed by atoms with Gasteiger partial charge in [0.25, 0.3) is 5.91 Å². The van der Waals surface area contributed by atoms with Crippen molar-refractivity contribution in [1.29, 1.82) is 0 Å². The van der Waals surface area contributed by atoms with E-state index in [2.05, 4.69) is 10.3 Å². The first-order valence-electron chi connectivity index (χ1n) is 7.92. The molecule has 1 aliphatic rings. The lowest BCUT2D eigenvalue weighted by Crippen LogP contribution is -2.34. The number of fused-ring (bicyclic) bond motifs is 1. The molecule has 1 saturated heterocycles. The highest BCUT2D eigenvalue weighted by molar-refractivity contribution is 6.04. The molecule has 1 atom stereocenters. The maximum absolute atomic E-state index is 12.4. The van der Waals surface area contributed by atoms with E-state index >= 15 is 0 Å². The summed E-state index contributed by atoms with van der Waals surface area (Å²) < 4.78 is 20.1. The van der Waals surface area contributed by atoms with Gasteiger partial charge in [0.1, 0.15) is 18.0 Å². The van der Waals surface area contributed by atoms with Crippen LogP contribution in [0.15, 0.2) is 28.9 Å². The van der Waals surface area contributed by atoms with E-state index < -0.39 is 30.9 Å². The summed E-state index contributed by atoms with van der Waals surface area (Å²) in [4.78, 5) is 40.6. The van der Waals surface area contributed by atoms with Crippen molar-refractivity contribution in [2.75, 3.05) is 26.6 Å². The van der Waals surface area contributed by atoms with Gasteiger partial charge in [-0.05, 0) is 19.1 Å². The van der Waals surface area contributed by atoms with Crippen LogP contribution in [0.25, 0.3) is 11.0 Å². The Kier molecular flexibility index (Phi) is 5.32. The minimum atomic E-state index is -0.997. The van der Waals surface area contributed by atoms with Crippen LogP contribution in [0.3, 0.4) is 0 Å². The fourth-order valence-corrected chi connectivity index (χ4v) is 2.37. The second kappa shape index (κ2) is 7.83. The molecule has 2 aromatic heterocycles. The quantitative estimate of drug-likeness (QED) is 0.447. The number of ether oxygens (including phenoxy) is 3. The molecule has 1 fully saturated rings. The van der Waals surface area contributed by atoms with E-state index in [1.807, 2.05) is 6.92 Å². The van der Waals surface area contributed by atoms with Crippen LogP contribution < -0.4 is 5.32 Å².